The van der Waals surface area contributed by atoms with Crippen LogP contribution in [0.1, 0.15) is 28.5 Å². The minimum Gasteiger partial charge on any atom is -0.296 e. The fourth-order valence-electron chi connectivity index (χ4n) is 2.52. The average Bonchev–Trinajstić information content (AvgIpc) is 2.99. The lowest BCUT2D eigenvalue weighted by Gasteiger charge is -2.10. The summed E-state index contributed by atoms with van der Waals surface area (Å²) >= 11 is 0. The predicted octanol–water partition coefficient (Wildman–Crippen LogP) is 3.62. The molecule has 3 aromatic rings. The molecule has 4 heteroatoms. The maximum Gasteiger partial charge on any atom is 0.172 e. The second-order valence-corrected chi connectivity index (χ2v) is 5.19. The van der Waals surface area contributed by atoms with Gasteiger partial charge in [-0.1, -0.05) is 48.5 Å². The van der Waals surface area contributed by atoms with Gasteiger partial charge in [0.2, 0.25) is 0 Å². The molecule has 0 amide bonds. The first-order valence-electron chi connectivity index (χ1n) is 7.30. The molecular weight excluding hydrogens is 274 g/mol. The summed E-state index contributed by atoms with van der Waals surface area (Å²) in [5, 5.41) is 8.18. The van der Waals surface area contributed by atoms with Crippen LogP contribution in [-0.2, 0) is 6.42 Å². The Bertz CT molecular complexity index is 803. The van der Waals surface area contributed by atoms with E-state index in [1.54, 1.807) is 4.68 Å². The Balaban J connectivity index is 2.19. The van der Waals surface area contributed by atoms with Gasteiger partial charge in [-0.25, -0.2) is 4.68 Å². The maximum atomic E-state index is 11.3. The van der Waals surface area contributed by atoms with E-state index in [1.165, 1.54) is 5.56 Å². The third-order valence-corrected chi connectivity index (χ3v) is 3.80. The zero-order chi connectivity index (χ0) is 15.5. The van der Waals surface area contributed by atoms with Crippen molar-refractivity contribution in [2.45, 2.75) is 20.3 Å². The largest absolute Gasteiger partial charge is 0.296 e. The molecule has 110 valence electrons. The van der Waals surface area contributed by atoms with Crippen LogP contribution in [0.15, 0.2) is 48.5 Å². The SMILES string of the molecule is CCc1ccc(-n2nnc(C=O)c2-c2ccccc2C)cc1. The van der Waals surface area contributed by atoms with Gasteiger partial charge < -0.3 is 0 Å². The summed E-state index contributed by atoms with van der Waals surface area (Å²) in [7, 11) is 0. The molecule has 0 aliphatic heterocycles. The molecule has 0 fully saturated rings. The van der Waals surface area contributed by atoms with Gasteiger partial charge in [0.05, 0.1) is 5.69 Å². The lowest BCUT2D eigenvalue weighted by molar-refractivity contribution is 0.111. The Labute approximate surface area is 129 Å². The van der Waals surface area contributed by atoms with Gasteiger partial charge in [0, 0.05) is 5.56 Å². The Morgan fingerprint density at radius 3 is 2.45 bits per heavy atom. The first-order valence-corrected chi connectivity index (χ1v) is 7.30. The second kappa shape index (κ2) is 5.93. The Hall–Kier alpha value is -2.75. The molecule has 0 unspecified atom stereocenters. The van der Waals surface area contributed by atoms with Gasteiger partial charge in [0.1, 0.15) is 5.69 Å². The van der Waals surface area contributed by atoms with Crippen molar-refractivity contribution >= 4 is 6.29 Å². The molecule has 0 atom stereocenters. The van der Waals surface area contributed by atoms with Crippen molar-refractivity contribution in [1.82, 2.24) is 15.0 Å². The average molecular weight is 291 g/mol. The van der Waals surface area contributed by atoms with Crippen LogP contribution in [-0.4, -0.2) is 21.3 Å². The van der Waals surface area contributed by atoms with E-state index in [9.17, 15) is 4.79 Å². The smallest absolute Gasteiger partial charge is 0.172 e. The van der Waals surface area contributed by atoms with Crippen molar-refractivity contribution < 1.29 is 4.79 Å². The van der Waals surface area contributed by atoms with Crippen LogP contribution >= 0.6 is 0 Å². The van der Waals surface area contributed by atoms with Crippen molar-refractivity contribution in [3.05, 3.63) is 65.4 Å². The normalized spacial score (nSPS) is 10.6. The highest BCUT2D eigenvalue weighted by Gasteiger charge is 2.17. The van der Waals surface area contributed by atoms with Gasteiger partial charge in [-0.2, -0.15) is 0 Å². The van der Waals surface area contributed by atoms with E-state index in [-0.39, 0.29) is 0 Å². The molecule has 0 radical (unpaired) electrons. The molecule has 3 rings (SSSR count). The first-order chi connectivity index (χ1) is 10.7. The summed E-state index contributed by atoms with van der Waals surface area (Å²) in [4.78, 5) is 11.3. The van der Waals surface area contributed by atoms with Gasteiger partial charge in [0.15, 0.2) is 12.0 Å². The third kappa shape index (κ3) is 2.44. The monoisotopic (exact) mass is 291 g/mol. The van der Waals surface area contributed by atoms with E-state index in [1.807, 2.05) is 43.3 Å². The number of rotatable bonds is 4. The van der Waals surface area contributed by atoms with Crippen LogP contribution < -0.4 is 0 Å². The van der Waals surface area contributed by atoms with E-state index >= 15 is 0 Å². The molecule has 0 saturated heterocycles. The van der Waals surface area contributed by atoms with Gasteiger partial charge in [-0.3, -0.25) is 4.79 Å². The van der Waals surface area contributed by atoms with Crippen molar-refractivity contribution in [1.29, 1.82) is 0 Å². The molecule has 1 heterocycles. The number of carbonyl (C=O) groups excluding carboxylic acids is 1. The van der Waals surface area contributed by atoms with Crippen LogP contribution in [0.3, 0.4) is 0 Å². The lowest BCUT2D eigenvalue weighted by atomic mass is 10.0. The fraction of sp³-hybridized carbons (Fsp3) is 0.167. The van der Waals surface area contributed by atoms with Gasteiger partial charge in [-0.15, -0.1) is 5.10 Å². The number of nitrogens with zero attached hydrogens (tertiary/aromatic N) is 3. The quantitative estimate of drug-likeness (QED) is 0.690. The minimum atomic E-state index is 0.355. The van der Waals surface area contributed by atoms with Gasteiger partial charge >= 0.3 is 0 Å². The Morgan fingerprint density at radius 1 is 1.09 bits per heavy atom. The fourth-order valence-corrected chi connectivity index (χ4v) is 2.52. The zero-order valence-corrected chi connectivity index (χ0v) is 12.7. The highest BCUT2D eigenvalue weighted by molar-refractivity contribution is 5.84. The van der Waals surface area contributed by atoms with E-state index in [4.69, 9.17) is 0 Å². The summed E-state index contributed by atoms with van der Waals surface area (Å²) in [6.45, 7) is 4.13. The maximum absolute atomic E-state index is 11.3. The van der Waals surface area contributed by atoms with Gasteiger partial charge in [-0.05, 0) is 36.6 Å². The first kappa shape index (κ1) is 14.2. The van der Waals surface area contributed by atoms with Gasteiger partial charge in [0.25, 0.3) is 0 Å². The number of aromatic nitrogens is 3. The highest BCUT2D eigenvalue weighted by atomic mass is 16.1. The predicted molar refractivity (Wildman–Crippen MR) is 86.3 cm³/mol. The highest BCUT2D eigenvalue weighted by Crippen LogP contribution is 2.27. The summed E-state index contributed by atoms with van der Waals surface area (Å²) in [6.07, 6.45) is 1.74. The van der Waals surface area contributed by atoms with Crippen molar-refractivity contribution in [2.24, 2.45) is 0 Å². The zero-order valence-electron chi connectivity index (χ0n) is 12.7. The standard InChI is InChI=1S/C18H17N3O/c1-3-14-8-10-15(11-9-14)21-18(17(12-22)19-20-21)16-7-5-4-6-13(16)2/h4-12H,3H2,1-2H3. The van der Waals surface area contributed by atoms with E-state index < -0.39 is 0 Å². The molecule has 22 heavy (non-hydrogen) atoms. The number of carbonyl (C=O) groups is 1. The topological polar surface area (TPSA) is 47.8 Å². The minimum absolute atomic E-state index is 0.355. The molecule has 0 aliphatic rings. The van der Waals surface area contributed by atoms with Crippen LogP contribution in [0.2, 0.25) is 0 Å². The van der Waals surface area contributed by atoms with E-state index in [2.05, 4.69) is 29.4 Å². The third-order valence-electron chi connectivity index (χ3n) is 3.80. The van der Waals surface area contributed by atoms with Crippen molar-refractivity contribution in [3.8, 4) is 16.9 Å². The summed E-state index contributed by atoms with van der Waals surface area (Å²) in [6, 6.07) is 16.1. The Morgan fingerprint density at radius 2 is 1.82 bits per heavy atom. The molecule has 0 saturated carbocycles. The molecule has 0 spiro atoms. The van der Waals surface area contributed by atoms with Crippen LogP contribution in [0.4, 0.5) is 0 Å². The number of hydrogen-bond acceptors (Lipinski definition) is 3. The summed E-state index contributed by atoms with van der Waals surface area (Å²) in [5.41, 5.74) is 5.30. The van der Waals surface area contributed by atoms with Crippen LogP contribution in [0, 0.1) is 6.92 Å². The molecule has 4 nitrogen and oxygen atoms in total. The number of hydrogen-bond donors (Lipinski definition) is 0. The molecule has 2 aromatic carbocycles. The molecule has 1 aromatic heterocycles. The molecular formula is C18H17N3O. The lowest BCUT2D eigenvalue weighted by Crippen LogP contribution is -2.01. The van der Waals surface area contributed by atoms with Crippen molar-refractivity contribution in [3.63, 3.8) is 0 Å². The van der Waals surface area contributed by atoms with E-state index in [0.717, 1.165) is 35.2 Å². The Kier molecular flexibility index (Phi) is 3.83. The molecule has 0 bridgehead atoms. The molecule has 0 aliphatic carbocycles. The van der Waals surface area contributed by atoms with Crippen molar-refractivity contribution in [2.75, 3.05) is 0 Å². The van der Waals surface area contributed by atoms with Crippen LogP contribution in [0.25, 0.3) is 16.9 Å². The molecule has 0 N–H and O–H groups in total. The summed E-state index contributed by atoms with van der Waals surface area (Å²) < 4.78 is 1.73. The number of aryl methyl sites for hydroxylation is 2. The van der Waals surface area contributed by atoms with Crippen LogP contribution in [0.5, 0.6) is 0 Å². The second-order valence-electron chi connectivity index (χ2n) is 5.19. The number of aldehydes is 1. The van der Waals surface area contributed by atoms with E-state index in [0.29, 0.717) is 5.69 Å². The number of benzene rings is 2. The summed E-state index contributed by atoms with van der Waals surface area (Å²) in [5.74, 6) is 0.